The van der Waals surface area contributed by atoms with E-state index in [1.807, 2.05) is 60.8 Å². The van der Waals surface area contributed by atoms with Gasteiger partial charge in [-0.3, -0.25) is 14.0 Å². The van der Waals surface area contributed by atoms with Gasteiger partial charge in [-0.15, -0.1) is 10.2 Å². The summed E-state index contributed by atoms with van der Waals surface area (Å²) >= 11 is 0. The zero-order valence-corrected chi connectivity index (χ0v) is 17.1. The number of carbonyl (C=O) groups excluding carboxylic acids is 1. The molecular formula is C22H24N6O2. The van der Waals surface area contributed by atoms with Crippen molar-refractivity contribution in [3.63, 3.8) is 0 Å². The Morgan fingerprint density at radius 2 is 1.83 bits per heavy atom. The quantitative estimate of drug-likeness (QED) is 0.508. The summed E-state index contributed by atoms with van der Waals surface area (Å²) in [5.74, 6) is 0.923. The molecule has 0 atom stereocenters. The minimum atomic E-state index is -0.142. The summed E-state index contributed by atoms with van der Waals surface area (Å²) in [7, 11) is 0. The van der Waals surface area contributed by atoms with Crippen LogP contribution in [0.1, 0.15) is 25.4 Å². The monoisotopic (exact) mass is 404 g/mol. The third-order valence-corrected chi connectivity index (χ3v) is 4.87. The molecule has 0 bridgehead atoms. The van der Waals surface area contributed by atoms with Gasteiger partial charge in [0.2, 0.25) is 5.91 Å². The molecule has 0 fully saturated rings. The van der Waals surface area contributed by atoms with E-state index >= 15 is 0 Å². The molecule has 3 heterocycles. The maximum atomic E-state index is 12.7. The fourth-order valence-corrected chi connectivity index (χ4v) is 3.50. The lowest BCUT2D eigenvalue weighted by Crippen LogP contribution is -2.31. The lowest BCUT2D eigenvalue weighted by atomic mass is 10.1. The van der Waals surface area contributed by atoms with Gasteiger partial charge in [0.15, 0.2) is 5.65 Å². The molecular weight excluding hydrogens is 380 g/mol. The van der Waals surface area contributed by atoms with E-state index in [0.29, 0.717) is 30.6 Å². The van der Waals surface area contributed by atoms with E-state index in [2.05, 4.69) is 20.6 Å². The van der Waals surface area contributed by atoms with E-state index in [0.717, 1.165) is 16.9 Å². The SMILES string of the molecule is CC(C)Cn1nc(CC(=O)NCCc2nnc3ccccn23)c2ccccc2c1=O. The maximum Gasteiger partial charge on any atom is 0.274 e. The second-order valence-corrected chi connectivity index (χ2v) is 7.70. The zero-order chi connectivity index (χ0) is 21.1. The van der Waals surface area contributed by atoms with Crippen LogP contribution >= 0.6 is 0 Å². The molecule has 0 saturated heterocycles. The maximum absolute atomic E-state index is 12.7. The number of benzene rings is 1. The van der Waals surface area contributed by atoms with E-state index in [4.69, 9.17) is 0 Å². The molecule has 0 aliphatic heterocycles. The number of rotatable bonds is 7. The van der Waals surface area contributed by atoms with Gasteiger partial charge in [0.25, 0.3) is 5.56 Å². The molecule has 8 heteroatoms. The van der Waals surface area contributed by atoms with Crippen molar-refractivity contribution in [3.8, 4) is 0 Å². The Hall–Kier alpha value is -3.55. The summed E-state index contributed by atoms with van der Waals surface area (Å²) < 4.78 is 3.38. The molecule has 4 rings (SSSR count). The number of pyridine rings is 1. The highest BCUT2D eigenvalue weighted by Crippen LogP contribution is 2.14. The van der Waals surface area contributed by atoms with Gasteiger partial charge in [-0.25, -0.2) is 4.68 Å². The molecule has 4 aromatic rings. The molecule has 3 aromatic heterocycles. The van der Waals surface area contributed by atoms with Crippen molar-refractivity contribution in [2.24, 2.45) is 5.92 Å². The molecule has 154 valence electrons. The van der Waals surface area contributed by atoms with Crippen LogP contribution in [0.15, 0.2) is 53.5 Å². The average Bonchev–Trinajstić information content (AvgIpc) is 3.14. The van der Waals surface area contributed by atoms with Gasteiger partial charge < -0.3 is 5.32 Å². The summed E-state index contributed by atoms with van der Waals surface area (Å²) in [6.07, 6.45) is 2.58. The lowest BCUT2D eigenvalue weighted by molar-refractivity contribution is -0.120. The molecule has 1 N–H and O–H groups in total. The molecule has 1 amide bonds. The molecule has 0 unspecified atom stereocenters. The van der Waals surface area contributed by atoms with Crippen molar-refractivity contribution in [2.75, 3.05) is 6.54 Å². The third-order valence-electron chi connectivity index (χ3n) is 4.87. The predicted molar refractivity (Wildman–Crippen MR) is 114 cm³/mol. The minimum Gasteiger partial charge on any atom is -0.355 e. The van der Waals surface area contributed by atoms with Gasteiger partial charge in [-0.2, -0.15) is 5.10 Å². The van der Waals surface area contributed by atoms with E-state index < -0.39 is 0 Å². The van der Waals surface area contributed by atoms with Crippen LogP contribution in [0.3, 0.4) is 0 Å². The number of amides is 1. The molecule has 1 aromatic carbocycles. The number of hydrogen-bond donors (Lipinski definition) is 1. The standard InChI is InChI=1S/C22H24N6O2/c1-15(2)14-28-22(30)17-8-4-3-7-16(17)18(26-28)13-21(29)23-11-10-20-25-24-19-9-5-6-12-27(19)20/h3-9,12,15H,10-11,13-14H2,1-2H3,(H,23,29). The van der Waals surface area contributed by atoms with Gasteiger partial charge in [0.05, 0.1) is 17.5 Å². The Kier molecular flexibility index (Phi) is 5.56. The normalized spacial score (nSPS) is 11.4. The predicted octanol–water partition coefficient (Wildman–Crippen LogP) is 2.00. The van der Waals surface area contributed by atoms with Crippen molar-refractivity contribution in [2.45, 2.75) is 33.2 Å². The first kappa shape index (κ1) is 19.8. The molecule has 0 aliphatic carbocycles. The fraction of sp³-hybridized carbons (Fsp3) is 0.318. The highest BCUT2D eigenvalue weighted by Gasteiger charge is 2.14. The van der Waals surface area contributed by atoms with Gasteiger partial charge >= 0.3 is 0 Å². The van der Waals surface area contributed by atoms with Crippen LogP contribution in [0.4, 0.5) is 0 Å². The summed E-state index contributed by atoms with van der Waals surface area (Å²) in [5, 5.41) is 17.0. The van der Waals surface area contributed by atoms with Crippen LogP contribution < -0.4 is 10.9 Å². The number of aromatic nitrogens is 5. The number of nitrogens with one attached hydrogen (secondary N) is 1. The van der Waals surface area contributed by atoms with E-state index in [1.165, 1.54) is 4.68 Å². The van der Waals surface area contributed by atoms with Crippen LogP contribution in [0.25, 0.3) is 16.4 Å². The smallest absolute Gasteiger partial charge is 0.274 e. The molecule has 0 saturated carbocycles. The van der Waals surface area contributed by atoms with Gasteiger partial charge in [-0.1, -0.05) is 38.1 Å². The first-order valence-corrected chi connectivity index (χ1v) is 10.1. The first-order valence-electron chi connectivity index (χ1n) is 10.1. The van der Waals surface area contributed by atoms with Crippen LogP contribution in [-0.2, 0) is 24.2 Å². The van der Waals surface area contributed by atoms with E-state index in [-0.39, 0.29) is 23.8 Å². The molecule has 0 aliphatic rings. The highest BCUT2D eigenvalue weighted by atomic mass is 16.1. The number of nitrogens with zero attached hydrogens (tertiary/aromatic N) is 5. The Balaban J connectivity index is 1.48. The van der Waals surface area contributed by atoms with Crippen LogP contribution in [0, 0.1) is 5.92 Å². The minimum absolute atomic E-state index is 0.111. The van der Waals surface area contributed by atoms with Crippen LogP contribution in [0.5, 0.6) is 0 Å². The Morgan fingerprint density at radius 1 is 1.07 bits per heavy atom. The van der Waals surface area contributed by atoms with Crippen LogP contribution in [0.2, 0.25) is 0 Å². The molecule has 0 radical (unpaired) electrons. The summed E-state index contributed by atoms with van der Waals surface area (Å²) in [6, 6.07) is 13.0. The topological polar surface area (TPSA) is 94.2 Å². The first-order chi connectivity index (χ1) is 14.5. The summed E-state index contributed by atoms with van der Waals surface area (Å²) in [5.41, 5.74) is 1.26. The Labute approximate surface area is 173 Å². The van der Waals surface area contributed by atoms with Crippen molar-refractivity contribution in [1.29, 1.82) is 0 Å². The highest BCUT2D eigenvalue weighted by molar-refractivity contribution is 5.88. The van der Waals surface area contributed by atoms with E-state index in [1.54, 1.807) is 6.07 Å². The molecule has 0 spiro atoms. The molecule has 30 heavy (non-hydrogen) atoms. The summed E-state index contributed by atoms with van der Waals surface area (Å²) in [6.45, 7) is 5.02. The number of fused-ring (bicyclic) bond motifs is 2. The largest absolute Gasteiger partial charge is 0.355 e. The average molecular weight is 404 g/mol. The number of carbonyl (C=O) groups is 1. The van der Waals surface area contributed by atoms with E-state index in [9.17, 15) is 9.59 Å². The zero-order valence-electron chi connectivity index (χ0n) is 17.1. The van der Waals surface area contributed by atoms with Crippen molar-refractivity contribution >= 4 is 22.3 Å². The van der Waals surface area contributed by atoms with Gasteiger partial charge in [0.1, 0.15) is 5.82 Å². The second-order valence-electron chi connectivity index (χ2n) is 7.70. The molecule has 8 nitrogen and oxygen atoms in total. The third kappa shape index (κ3) is 4.07. The Bertz CT molecular complexity index is 1260. The van der Waals surface area contributed by atoms with Gasteiger partial charge in [0, 0.05) is 31.1 Å². The van der Waals surface area contributed by atoms with Crippen molar-refractivity contribution in [3.05, 3.63) is 70.5 Å². The summed E-state index contributed by atoms with van der Waals surface area (Å²) in [4.78, 5) is 25.3. The number of hydrogen-bond acceptors (Lipinski definition) is 5. The lowest BCUT2D eigenvalue weighted by Gasteiger charge is -2.12. The van der Waals surface area contributed by atoms with Crippen molar-refractivity contribution < 1.29 is 4.79 Å². The fourth-order valence-electron chi connectivity index (χ4n) is 3.50. The van der Waals surface area contributed by atoms with Crippen molar-refractivity contribution in [1.82, 2.24) is 29.7 Å². The second kappa shape index (κ2) is 8.44. The van der Waals surface area contributed by atoms with Crippen LogP contribution in [-0.4, -0.2) is 36.8 Å². The Morgan fingerprint density at radius 3 is 2.63 bits per heavy atom. The van der Waals surface area contributed by atoms with Gasteiger partial charge in [-0.05, 0) is 24.1 Å².